The minimum atomic E-state index is -0.291. The molecule has 2 amide bonds. The zero-order chi connectivity index (χ0) is 19.8. The first kappa shape index (κ1) is 20.9. The van der Waals surface area contributed by atoms with Crippen LogP contribution in [0.3, 0.4) is 0 Å². The molecule has 1 saturated heterocycles. The zero-order valence-electron chi connectivity index (χ0n) is 16.8. The van der Waals surface area contributed by atoms with E-state index in [1.54, 1.807) is 0 Å². The van der Waals surface area contributed by atoms with E-state index < -0.39 is 0 Å². The number of halogens is 1. The molecule has 0 aromatic heterocycles. The van der Waals surface area contributed by atoms with Crippen LogP contribution in [-0.2, 0) is 9.59 Å². The number of rotatable bonds is 6. The van der Waals surface area contributed by atoms with Gasteiger partial charge in [-0.1, -0.05) is 60.7 Å². The molecule has 0 bridgehead atoms. The van der Waals surface area contributed by atoms with Gasteiger partial charge in [-0.3, -0.25) is 9.59 Å². The number of hydrogen-bond donors (Lipinski definition) is 3. The zero-order valence-corrected chi connectivity index (χ0v) is 17.6. The summed E-state index contributed by atoms with van der Waals surface area (Å²) >= 11 is 0. The van der Waals surface area contributed by atoms with E-state index in [9.17, 15) is 9.59 Å². The third-order valence-electron chi connectivity index (χ3n) is 6.58. The molecular formula is C24H28ClN3O2. The molecule has 3 N–H and O–H groups in total. The van der Waals surface area contributed by atoms with Crippen LogP contribution in [0.15, 0.2) is 60.7 Å². The Labute approximate surface area is 183 Å². The van der Waals surface area contributed by atoms with E-state index in [1.807, 2.05) is 36.4 Å². The number of hydrogen-bond acceptors (Lipinski definition) is 3. The Kier molecular flexibility index (Phi) is 6.11. The maximum absolute atomic E-state index is 12.8. The standard InChI is InChI=1S/C24H27N3O2.ClH/c28-23(26-21-11-17(21)15-7-3-1-4-8-15)19-13-25-14-20(19)24(29)27-22-12-18(22)16-9-5-2-6-10-16;/h1-10,17-22,25H,11-14H2,(H,26,28)(H,27,29);1H/t17?,18?,19-,20-,21?,22?;/m0./s1. The van der Waals surface area contributed by atoms with Crippen LogP contribution in [0.2, 0.25) is 0 Å². The van der Waals surface area contributed by atoms with Crippen LogP contribution in [0.25, 0.3) is 0 Å². The van der Waals surface area contributed by atoms with Crippen molar-refractivity contribution in [2.75, 3.05) is 13.1 Å². The molecule has 2 aliphatic carbocycles. The quantitative estimate of drug-likeness (QED) is 0.666. The van der Waals surface area contributed by atoms with E-state index in [1.165, 1.54) is 11.1 Å². The Morgan fingerprint density at radius 1 is 0.700 bits per heavy atom. The lowest BCUT2D eigenvalue weighted by Crippen LogP contribution is -2.43. The molecule has 0 spiro atoms. The molecule has 30 heavy (non-hydrogen) atoms. The van der Waals surface area contributed by atoms with Gasteiger partial charge in [0, 0.05) is 37.0 Å². The van der Waals surface area contributed by atoms with Crippen LogP contribution in [0.5, 0.6) is 0 Å². The van der Waals surface area contributed by atoms with Crippen molar-refractivity contribution in [2.24, 2.45) is 11.8 Å². The highest BCUT2D eigenvalue weighted by Gasteiger charge is 2.46. The highest BCUT2D eigenvalue weighted by molar-refractivity contribution is 5.89. The summed E-state index contributed by atoms with van der Waals surface area (Å²) in [6.45, 7) is 1.14. The van der Waals surface area contributed by atoms with Crippen molar-refractivity contribution in [3.05, 3.63) is 71.8 Å². The van der Waals surface area contributed by atoms with Crippen molar-refractivity contribution < 1.29 is 9.59 Å². The first-order valence-corrected chi connectivity index (χ1v) is 10.6. The van der Waals surface area contributed by atoms with Crippen molar-refractivity contribution >= 4 is 24.2 Å². The van der Waals surface area contributed by atoms with Gasteiger partial charge in [0.15, 0.2) is 0 Å². The van der Waals surface area contributed by atoms with E-state index in [0.29, 0.717) is 24.9 Å². The van der Waals surface area contributed by atoms with Crippen LogP contribution in [0.1, 0.15) is 35.8 Å². The van der Waals surface area contributed by atoms with Crippen molar-refractivity contribution in [1.82, 2.24) is 16.0 Å². The molecule has 5 rings (SSSR count). The molecule has 6 atom stereocenters. The smallest absolute Gasteiger partial charge is 0.225 e. The number of nitrogens with one attached hydrogen (secondary N) is 3. The van der Waals surface area contributed by atoms with Gasteiger partial charge in [0.2, 0.25) is 11.8 Å². The molecule has 3 aliphatic rings. The van der Waals surface area contributed by atoms with Crippen LogP contribution < -0.4 is 16.0 Å². The maximum Gasteiger partial charge on any atom is 0.225 e. The molecule has 6 heteroatoms. The van der Waals surface area contributed by atoms with Crippen LogP contribution in [0.4, 0.5) is 0 Å². The number of carbonyl (C=O) groups is 2. The van der Waals surface area contributed by atoms with Crippen molar-refractivity contribution in [3.8, 4) is 0 Å². The average molecular weight is 426 g/mol. The number of carbonyl (C=O) groups excluding carboxylic acids is 2. The second kappa shape index (κ2) is 8.78. The molecule has 1 aliphatic heterocycles. The summed E-state index contributed by atoms with van der Waals surface area (Å²) in [7, 11) is 0. The first-order chi connectivity index (χ1) is 14.2. The van der Waals surface area contributed by atoms with Gasteiger partial charge in [0.05, 0.1) is 11.8 Å². The SMILES string of the molecule is Cl.O=C(NC1CC1c1ccccc1)[C@H]1CNC[C@@H]1C(=O)NC1CC1c1ccccc1. The highest BCUT2D eigenvalue weighted by Crippen LogP contribution is 2.42. The first-order valence-electron chi connectivity index (χ1n) is 10.6. The minimum absolute atomic E-state index is 0. The van der Waals surface area contributed by atoms with Gasteiger partial charge >= 0.3 is 0 Å². The van der Waals surface area contributed by atoms with E-state index in [0.717, 1.165) is 12.8 Å². The van der Waals surface area contributed by atoms with Crippen molar-refractivity contribution in [1.29, 1.82) is 0 Å². The largest absolute Gasteiger partial charge is 0.352 e. The lowest BCUT2D eigenvalue weighted by molar-refractivity contribution is -0.133. The predicted molar refractivity (Wildman–Crippen MR) is 119 cm³/mol. The van der Waals surface area contributed by atoms with Gasteiger partial charge in [0.1, 0.15) is 0 Å². The van der Waals surface area contributed by atoms with E-state index in [4.69, 9.17) is 0 Å². The Bertz CT molecular complexity index is 818. The molecule has 1 heterocycles. The Hall–Kier alpha value is -2.37. The lowest BCUT2D eigenvalue weighted by atomic mass is 9.94. The topological polar surface area (TPSA) is 70.2 Å². The fourth-order valence-electron chi connectivity index (χ4n) is 4.66. The lowest BCUT2D eigenvalue weighted by Gasteiger charge is -2.18. The third kappa shape index (κ3) is 4.37. The monoisotopic (exact) mass is 425 g/mol. The minimum Gasteiger partial charge on any atom is -0.352 e. The molecule has 2 saturated carbocycles. The summed E-state index contributed by atoms with van der Waals surface area (Å²) in [5.41, 5.74) is 2.55. The Morgan fingerprint density at radius 2 is 1.10 bits per heavy atom. The van der Waals surface area contributed by atoms with E-state index in [-0.39, 0.29) is 48.1 Å². The van der Waals surface area contributed by atoms with Gasteiger partial charge in [-0.15, -0.1) is 12.4 Å². The van der Waals surface area contributed by atoms with E-state index >= 15 is 0 Å². The molecule has 3 fully saturated rings. The third-order valence-corrected chi connectivity index (χ3v) is 6.58. The summed E-state index contributed by atoms with van der Waals surface area (Å²) in [4.78, 5) is 25.7. The van der Waals surface area contributed by atoms with Crippen LogP contribution in [-0.4, -0.2) is 37.0 Å². The summed E-state index contributed by atoms with van der Waals surface area (Å²) in [6, 6.07) is 21.0. The molecule has 4 unspecified atom stereocenters. The van der Waals surface area contributed by atoms with E-state index in [2.05, 4.69) is 40.2 Å². The number of benzene rings is 2. The predicted octanol–water partition coefficient (Wildman–Crippen LogP) is 2.59. The fraction of sp³-hybridized carbons (Fsp3) is 0.417. The fourth-order valence-corrected chi connectivity index (χ4v) is 4.66. The van der Waals surface area contributed by atoms with Crippen molar-refractivity contribution in [3.63, 3.8) is 0 Å². The molecule has 158 valence electrons. The van der Waals surface area contributed by atoms with Gasteiger partial charge in [-0.05, 0) is 24.0 Å². The Morgan fingerprint density at radius 3 is 1.50 bits per heavy atom. The van der Waals surface area contributed by atoms with Gasteiger partial charge in [-0.25, -0.2) is 0 Å². The van der Waals surface area contributed by atoms with Crippen molar-refractivity contribution in [2.45, 2.75) is 36.8 Å². The van der Waals surface area contributed by atoms with Crippen LogP contribution >= 0.6 is 12.4 Å². The second-order valence-electron chi connectivity index (χ2n) is 8.61. The maximum atomic E-state index is 12.8. The molecule has 2 aromatic rings. The normalized spacial score (nSPS) is 31.3. The van der Waals surface area contributed by atoms with Gasteiger partial charge in [0.25, 0.3) is 0 Å². The van der Waals surface area contributed by atoms with Gasteiger partial charge in [-0.2, -0.15) is 0 Å². The molecule has 5 nitrogen and oxygen atoms in total. The number of amides is 2. The van der Waals surface area contributed by atoms with Gasteiger partial charge < -0.3 is 16.0 Å². The summed E-state index contributed by atoms with van der Waals surface area (Å²) in [5, 5.41) is 9.58. The second-order valence-corrected chi connectivity index (χ2v) is 8.61. The van der Waals surface area contributed by atoms with Crippen LogP contribution in [0, 0.1) is 11.8 Å². The highest BCUT2D eigenvalue weighted by atomic mass is 35.5. The summed E-state index contributed by atoms with van der Waals surface area (Å²) in [5.74, 6) is 0.240. The summed E-state index contributed by atoms with van der Waals surface area (Å²) < 4.78 is 0. The molecule has 2 aromatic carbocycles. The molecular weight excluding hydrogens is 398 g/mol. The summed E-state index contributed by atoms with van der Waals surface area (Å²) in [6.07, 6.45) is 1.96. The molecule has 0 radical (unpaired) electrons. The Balaban J connectivity index is 0.00000218. The average Bonchev–Trinajstić information content (AvgIpc) is 3.65.